The van der Waals surface area contributed by atoms with E-state index in [0.717, 1.165) is 11.4 Å². The van der Waals surface area contributed by atoms with Gasteiger partial charge in [-0.05, 0) is 49.1 Å². The second-order valence-electron chi connectivity index (χ2n) is 10.0. The van der Waals surface area contributed by atoms with Gasteiger partial charge in [0.05, 0.1) is 17.7 Å². The number of carboxylic acid groups (broad SMARTS) is 1. The minimum absolute atomic E-state index is 0.0878. The molecular weight excluding hydrogens is 467 g/mol. The number of ether oxygens (including phenoxy) is 1. The van der Waals surface area contributed by atoms with E-state index in [1.165, 1.54) is 17.5 Å². The second kappa shape index (κ2) is 11.0. The van der Waals surface area contributed by atoms with E-state index in [2.05, 4.69) is 40.4 Å². The number of alkyl halides is 3. The molecule has 6 nitrogen and oxygen atoms in total. The van der Waals surface area contributed by atoms with Crippen molar-refractivity contribution in [3.05, 3.63) is 29.4 Å². The smallest absolute Gasteiger partial charge is 0.388 e. The number of aromatic nitrogens is 2. The van der Waals surface area contributed by atoms with Crippen LogP contribution >= 0.6 is 11.3 Å². The SMILES string of the molecule is CC(C)(C)[C@H]1CN(Cc2cnc(-c3cccnc3OC(F)F)s2)C[C@](CCCCF)(C(=O)O)C1. The molecule has 0 unspecified atom stereocenters. The Balaban J connectivity index is 1.83. The number of likely N-dealkylation sites (tertiary alicyclic amines) is 1. The molecule has 188 valence electrons. The fourth-order valence-electron chi connectivity index (χ4n) is 4.56. The van der Waals surface area contributed by atoms with Crippen LogP contribution in [0.25, 0.3) is 10.6 Å². The first-order valence-corrected chi connectivity index (χ1v) is 12.2. The van der Waals surface area contributed by atoms with E-state index >= 15 is 0 Å². The van der Waals surface area contributed by atoms with E-state index in [4.69, 9.17) is 0 Å². The number of aliphatic carboxylic acids is 1. The van der Waals surface area contributed by atoms with Crippen LogP contribution in [0.2, 0.25) is 0 Å². The Hall–Kier alpha value is -2.20. The molecule has 0 bridgehead atoms. The zero-order valence-corrected chi connectivity index (χ0v) is 20.6. The molecule has 0 spiro atoms. The van der Waals surface area contributed by atoms with Crippen molar-refractivity contribution in [2.75, 3.05) is 19.8 Å². The van der Waals surface area contributed by atoms with E-state index < -0.39 is 24.7 Å². The summed E-state index contributed by atoms with van der Waals surface area (Å²) in [6.45, 7) is 4.53. The number of halogens is 3. The number of unbranched alkanes of at least 4 members (excludes halogenated alkanes) is 1. The lowest BCUT2D eigenvalue weighted by Gasteiger charge is -2.48. The van der Waals surface area contributed by atoms with Gasteiger partial charge >= 0.3 is 12.6 Å². The highest BCUT2D eigenvalue weighted by Crippen LogP contribution is 2.45. The van der Waals surface area contributed by atoms with Crippen LogP contribution in [-0.4, -0.2) is 52.3 Å². The molecule has 1 aliphatic heterocycles. The zero-order chi connectivity index (χ0) is 24.9. The largest absolute Gasteiger partial charge is 0.481 e. The Labute approximate surface area is 202 Å². The predicted molar refractivity (Wildman–Crippen MR) is 125 cm³/mol. The van der Waals surface area contributed by atoms with Crippen molar-refractivity contribution < 1.29 is 27.8 Å². The first-order chi connectivity index (χ1) is 16.0. The minimum Gasteiger partial charge on any atom is -0.481 e. The Morgan fingerprint density at radius 2 is 2.12 bits per heavy atom. The van der Waals surface area contributed by atoms with Crippen molar-refractivity contribution in [3.63, 3.8) is 0 Å². The topological polar surface area (TPSA) is 75.5 Å². The highest BCUT2D eigenvalue weighted by atomic mass is 32.1. The number of hydrogen-bond acceptors (Lipinski definition) is 6. The predicted octanol–water partition coefficient (Wildman–Crippen LogP) is 5.89. The zero-order valence-electron chi connectivity index (χ0n) is 19.8. The molecular formula is C24H32F3N3O3S. The molecule has 3 rings (SSSR count). The van der Waals surface area contributed by atoms with Gasteiger partial charge in [0.25, 0.3) is 0 Å². The number of piperidine rings is 1. The van der Waals surface area contributed by atoms with Gasteiger partial charge in [0.2, 0.25) is 5.88 Å². The third-order valence-electron chi connectivity index (χ3n) is 6.49. The van der Waals surface area contributed by atoms with Gasteiger partial charge in [0.15, 0.2) is 0 Å². The lowest BCUT2D eigenvalue weighted by atomic mass is 9.65. The molecule has 34 heavy (non-hydrogen) atoms. The summed E-state index contributed by atoms with van der Waals surface area (Å²) in [7, 11) is 0. The Morgan fingerprint density at radius 3 is 2.76 bits per heavy atom. The first kappa shape index (κ1) is 26.4. The number of rotatable bonds is 10. The summed E-state index contributed by atoms with van der Waals surface area (Å²) in [5.41, 5.74) is -0.632. The van der Waals surface area contributed by atoms with Gasteiger partial charge < -0.3 is 9.84 Å². The number of carboxylic acids is 1. The number of nitrogens with zero attached hydrogens (tertiary/aromatic N) is 3. The van der Waals surface area contributed by atoms with Gasteiger partial charge in [0, 0.05) is 36.9 Å². The van der Waals surface area contributed by atoms with Gasteiger partial charge in [-0.3, -0.25) is 14.1 Å². The standard InChI is InChI=1S/C24H32F3N3O3S/c1-23(2,3)16-11-24(21(31)32,8-4-5-9-25)15-30(13-16)14-17-12-29-20(34-17)18-7-6-10-28-19(18)33-22(26)27/h6-7,10,12,16,22H,4-5,8-9,11,13-15H2,1-3H3,(H,31,32)/t16-,24-/m1/s1. The maximum absolute atomic E-state index is 12.8. The van der Waals surface area contributed by atoms with Crippen molar-refractivity contribution in [2.24, 2.45) is 16.7 Å². The third kappa shape index (κ3) is 6.47. The van der Waals surface area contributed by atoms with Crippen LogP contribution in [0.15, 0.2) is 24.5 Å². The summed E-state index contributed by atoms with van der Waals surface area (Å²) in [6.07, 6.45) is 4.96. The molecule has 2 aromatic heterocycles. The summed E-state index contributed by atoms with van der Waals surface area (Å²) < 4.78 is 42.8. The Kier molecular flexibility index (Phi) is 8.57. The number of hydrogen-bond donors (Lipinski definition) is 1. The van der Waals surface area contributed by atoms with Crippen molar-refractivity contribution in [3.8, 4) is 16.5 Å². The molecule has 1 saturated heterocycles. The highest BCUT2D eigenvalue weighted by Gasteiger charge is 2.47. The van der Waals surface area contributed by atoms with Gasteiger partial charge in [-0.2, -0.15) is 8.78 Å². The van der Waals surface area contributed by atoms with E-state index in [0.29, 0.717) is 49.3 Å². The van der Waals surface area contributed by atoms with Crippen molar-refractivity contribution in [2.45, 2.75) is 59.6 Å². The highest BCUT2D eigenvalue weighted by molar-refractivity contribution is 7.15. The summed E-state index contributed by atoms with van der Waals surface area (Å²) in [5, 5.41) is 10.7. The molecule has 0 amide bonds. The van der Waals surface area contributed by atoms with Crippen LogP contribution < -0.4 is 4.74 Å². The van der Waals surface area contributed by atoms with Crippen LogP contribution in [0, 0.1) is 16.7 Å². The Bertz CT molecular complexity index is 966. The lowest BCUT2D eigenvalue weighted by molar-refractivity contribution is -0.157. The third-order valence-corrected chi connectivity index (χ3v) is 7.51. The van der Waals surface area contributed by atoms with Gasteiger partial charge in [-0.15, -0.1) is 11.3 Å². The maximum Gasteiger partial charge on any atom is 0.388 e. The van der Waals surface area contributed by atoms with Crippen LogP contribution in [0.3, 0.4) is 0 Å². The van der Waals surface area contributed by atoms with Crippen molar-refractivity contribution >= 4 is 17.3 Å². The Morgan fingerprint density at radius 1 is 1.35 bits per heavy atom. The fraction of sp³-hybridized carbons (Fsp3) is 0.625. The van der Waals surface area contributed by atoms with Crippen LogP contribution in [-0.2, 0) is 11.3 Å². The molecule has 0 radical (unpaired) electrons. The molecule has 10 heteroatoms. The van der Waals surface area contributed by atoms with Crippen molar-refractivity contribution in [1.29, 1.82) is 0 Å². The van der Waals surface area contributed by atoms with E-state index in [9.17, 15) is 23.1 Å². The summed E-state index contributed by atoms with van der Waals surface area (Å²) in [6, 6.07) is 3.26. The van der Waals surface area contributed by atoms with Crippen LogP contribution in [0.4, 0.5) is 13.2 Å². The fourth-order valence-corrected chi connectivity index (χ4v) is 5.54. The van der Waals surface area contributed by atoms with E-state index in [1.807, 2.05) is 0 Å². The van der Waals surface area contributed by atoms with Crippen LogP contribution in [0.5, 0.6) is 5.88 Å². The van der Waals surface area contributed by atoms with Crippen LogP contribution in [0.1, 0.15) is 51.3 Å². The minimum atomic E-state index is -2.99. The number of carbonyl (C=O) groups is 1. The molecule has 2 aromatic rings. The summed E-state index contributed by atoms with van der Waals surface area (Å²) in [5.74, 6) is -0.860. The summed E-state index contributed by atoms with van der Waals surface area (Å²) >= 11 is 1.34. The molecule has 0 saturated carbocycles. The molecule has 3 heterocycles. The maximum atomic E-state index is 12.8. The number of thiazole rings is 1. The van der Waals surface area contributed by atoms with E-state index in [1.54, 1.807) is 18.3 Å². The number of pyridine rings is 1. The quantitative estimate of drug-likeness (QED) is 0.411. The van der Waals surface area contributed by atoms with E-state index in [-0.39, 0.29) is 17.2 Å². The lowest BCUT2D eigenvalue weighted by Crippen LogP contribution is -2.53. The molecule has 1 aliphatic rings. The van der Waals surface area contributed by atoms with Crippen molar-refractivity contribution in [1.82, 2.24) is 14.9 Å². The molecule has 1 N–H and O–H groups in total. The van der Waals surface area contributed by atoms with Gasteiger partial charge in [-0.25, -0.2) is 9.97 Å². The normalized spacial score (nSPS) is 21.7. The van der Waals surface area contributed by atoms with Gasteiger partial charge in [0.1, 0.15) is 5.01 Å². The second-order valence-corrected chi connectivity index (χ2v) is 11.1. The molecule has 0 aromatic carbocycles. The molecule has 0 aliphatic carbocycles. The molecule has 2 atom stereocenters. The van der Waals surface area contributed by atoms with Gasteiger partial charge in [-0.1, -0.05) is 20.8 Å². The first-order valence-electron chi connectivity index (χ1n) is 11.4. The molecule has 1 fully saturated rings. The monoisotopic (exact) mass is 499 g/mol. The summed E-state index contributed by atoms with van der Waals surface area (Å²) in [4.78, 5) is 23.8. The average Bonchev–Trinajstić information content (AvgIpc) is 3.21. The average molecular weight is 500 g/mol.